The van der Waals surface area contributed by atoms with E-state index < -0.39 is 24.0 Å². The van der Waals surface area contributed by atoms with Crippen LogP contribution in [0.5, 0.6) is 0 Å². The van der Waals surface area contributed by atoms with E-state index in [1.54, 1.807) is 12.1 Å². The predicted molar refractivity (Wildman–Crippen MR) is 83.6 cm³/mol. The molecule has 3 aliphatic heterocycles. The molecule has 5 atom stereocenters. The van der Waals surface area contributed by atoms with Crippen molar-refractivity contribution in [2.24, 2.45) is 0 Å². The molecule has 0 spiro atoms. The van der Waals surface area contributed by atoms with Crippen LogP contribution in [0.3, 0.4) is 0 Å². The Balaban J connectivity index is 1.49. The average molecular weight is 353 g/mol. The Hall–Kier alpha value is -1.45. The maximum atomic E-state index is 12.1. The summed E-state index contributed by atoms with van der Waals surface area (Å²) >= 11 is 0. The van der Waals surface area contributed by atoms with Crippen LogP contribution in [0, 0.1) is 0 Å². The number of hydrogen-bond donors (Lipinski definition) is 1. The molecular formula is C17H23NO7. The first-order chi connectivity index (χ1) is 11.7. The third-order valence-electron chi connectivity index (χ3n) is 4.46. The SMILES string of the molecule is CC1(C)O[C@@H]2[C@@H](O1)[C@@H](CNC(=O)c1ccco1)O[C@@H]1OC(C)(C)O[C@@H]12. The van der Waals surface area contributed by atoms with E-state index in [9.17, 15) is 4.79 Å². The Labute approximate surface area is 145 Å². The number of fused-ring (bicyclic) bond motifs is 3. The second-order valence-electron chi connectivity index (χ2n) is 7.40. The molecule has 1 amide bonds. The third-order valence-corrected chi connectivity index (χ3v) is 4.46. The number of ether oxygens (including phenoxy) is 5. The van der Waals surface area contributed by atoms with Crippen molar-refractivity contribution in [2.45, 2.75) is 70.0 Å². The molecule has 0 saturated carbocycles. The van der Waals surface area contributed by atoms with Gasteiger partial charge in [-0.05, 0) is 39.8 Å². The maximum absolute atomic E-state index is 12.1. The van der Waals surface area contributed by atoms with Gasteiger partial charge in [0.25, 0.3) is 5.91 Å². The van der Waals surface area contributed by atoms with Crippen LogP contribution in [0.4, 0.5) is 0 Å². The van der Waals surface area contributed by atoms with Crippen LogP contribution in [0.2, 0.25) is 0 Å². The van der Waals surface area contributed by atoms with Gasteiger partial charge in [0.15, 0.2) is 23.6 Å². The van der Waals surface area contributed by atoms with Gasteiger partial charge in [0.1, 0.15) is 24.4 Å². The molecule has 25 heavy (non-hydrogen) atoms. The first kappa shape index (κ1) is 17.0. The molecule has 3 fully saturated rings. The Morgan fingerprint density at radius 1 is 1.04 bits per heavy atom. The summed E-state index contributed by atoms with van der Waals surface area (Å²) < 4.78 is 34.9. The second kappa shape index (κ2) is 5.78. The first-order valence-electron chi connectivity index (χ1n) is 8.43. The van der Waals surface area contributed by atoms with E-state index in [-0.39, 0.29) is 36.5 Å². The standard InChI is InChI=1S/C17H23NO7/c1-16(2)22-11-10(8-18-14(19)9-6-5-7-20-9)21-15-13(12(11)23-16)24-17(3,4)25-15/h5-7,10-13,15H,8H2,1-4H3,(H,18,19)/t10-,11+,12-,13-,15-/m1/s1. The number of hydrogen-bond acceptors (Lipinski definition) is 7. The fourth-order valence-corrected chi connectivity index (χ4v) is 3.55. The molecule has 0 bridgehead atoms. The van der Waals surface area contributed by atoms with Crippen LogP contribution in [-0.4, -0.2) is 54.7 Å². The van der Waals surface area contributed by atoms with E-state index in [1.165, 1.54) is 6.26 Å². The lowest BCUT2D eigenvalue weighted by molar-refractivity contribution is -0.232. The monoisotopic (exact) mass is 353 g/mol. The molecule has 0 aliphatic carbocycles. The number of carbonyl (C=O) groups is 1. The van der Waals surface area contributed by atoms with E-state index in [0.29, 0.717) is 0 Å². The summed E-state index contributed by atoms with van der Waals surface area (Å²) in [6.45, 7) is 7.60. The summed E-state index contributed by atoms with van der Waals surface area (Å²) in [5, 5.41) is 2.81. The Kier molecular flexibility index (Phi) is 3.93. The van der Waals surface area contributed by atoms with Crippen molar-refractivity contribution < 1.29 is 32.9 Å². The maximum Gasteiger partial charge on any atom is 0.287 e. The van der Waals surface area contributed by atoms with Gasteiger partial charge in [0, 0.05) is 6.54 Å². The summed E-state index contributed by atoms with van der Waals surface area (Å²) in [5.41, 5.74) is 0. The highest BCUT2D eigenvalue weighted by Gasteiger charge is 2.60. The lowest BCUT2D eigenvalue weighted by Crippen LogP contribution is -2.57. The van der Waals surface area contributed by atoms with E-state index in [2.05, 4.69) is 5.32 Å². The van der Waals surface area contributed by atoms with Crippen molar-refractivity contribution in [2.75, 3.05) is 6.54 Å². The van der Waals surface area contributed by atoms with E-state index in [1.807, 2.05) is 27.7 Å². The minimum Gasteiger partial charge on any atom is -0.459 e. The number of amides is 1. The number of nitrogens with one attached hydrogen (secondary N) is 1. The summed E-state index contributed by atoms with van der Waals surface area (Å²) in [4.78, 5) is 12.1. The molecular weight excluding hydrogens is 330 g/mol. The van der Waals surface area contributed by atoms with E-state index >= 15 is 0 Å². The topological polar surface area (TPSA) is 88.4 Å². The van der Waals surface area contributed by atoms with Crippen LogP contribution < -0.4 is 5.32 Å². The molecule has 1 N–H and O–H groups in total. The van der Waals surface area contributed by atoms with Gasteiger partial charge in [0.2, 0.25) is 0 Å². The zero-order chi connectivity index (χ0) is 17.8. The van der Waals surface area contributed by atoms with Crippen molar-refractivity contribution in [1.29, 1.82) is 0 Å². The molecule has 0 aromatic carbocycles. The highest BCUT2D eigenvalue weighted by atomic mass is 16.9. The summed E-state index contributed by atoms with van der Waals surface area (Å²) in [6, 6.07) is 3.26. The van der Waals surface area contributed by atoms with Crippen LogP contribution in [-0.2, 0) is 23.7 Å². The lowest BCUT2D eigenvalue weighted by atomic mass is 9.99. The largest absolute Gasteiger partial charge is 0.459 e. The molecule has 8 nitrogen and oxygen atoms in total. The molecule has 1 aromatic heterocycles. The van der Waals surface area contributed by atoms with Gasteiger partial charge >= 0.3 is 0 Å². The number of furan rings is 1. The predicted octanol–water partition coefficient (Wildman–Crippen LogP) is 1.41. The molecule has 8 heteroatoms. The molecule has 0 unspecified atom stereocenters. The van der Waals surface area contributed by atoms with Crippen molar-refractivity contribution in [1.82, 2.24) is 5.32 Å². The first-order valence-corrected chi connectivity index (χ1v) is 8.43. The lowest BCUT2D eigenvalue weighted by Gasteiger charge is -2.37. The van der Waals surface area contributed by atoms with Crippen molar-refractivity contribution >= 4 is 5.91 Å². The zero-order valence-corrected chi connectivity index (χ0v) is 14.7. The summed E-state index contributed by atoms with van der Waals surface area (Å²) in [7, 11) is 0. The average Bonchev–Trinajstić information content (AvgIpc) is 3.19. The second-order valence-corrected chi connectivity index (χ2v) is 7.40. The van der Waals surface area contributed by atoms with Gasteiger partial charge in [-0.15, -0.1) is 0 Å². The highest BCUT2D eigenvalue weighted by Crippen LogP contribution is 2.43. The van der Waals surface area contributed by atoms with Crippen LogP contribution in [0.15, 0.2) is 22.8 Å². The number of carbonyl (C=O) groups excluding carboxylic acids is 1. The summed E-state index contributed by atoms with van der Waals surface area (Å²) in [5.74, 6) is -1.58. The quantitative estimate of drug-likeness (QED) is 0.879. The van der Waals surface area contributed by atoms with Crippen molar-refractivity contribution in [3.05, 3.63) is 24.2 Å². The Morgan fingerprint density at radius 3 is 2.44 bits per heavy atom. The zero-order valence-electron chi connectivity index (χ0n) is 14.7. The smallest absolute Gasteiger partial charge is 0.287 e. The van der Waals surface area contributed by atoms with Crippen LogP contribution in [0.25, 0.3) is 0 Å². The van der Waals surface area contributed by atoms with Crippen LogP contribution in [0.1, 0.15) is 38.2 Å². The number of rotatable bonds is 3. The third kappa shape index (κ3) is 3.20. The molecule has 4 heterocycles. The molecule has 1 aromatic rings. The normalized spacial score (nSPS) is 38.2. The molecule has 3 aliphatic rings. The molecule has 0 radical (unpaired) electrons. The van der Waals surface area contributed by atoms with Gasteiger partial charge in [-0.25, -0.2) is 0 Å². The molecule has 138 valence electrons. The fourth-order valence-electron chi connectivity index (χ4n) is 3.55. The minimum atomic E-state index is -0.762. The highest BCUT2D eigenvalue weighted by molar-refractivity contribution is 5.91. The van der Waals surface area contributed by atoms with Crippen LogP contribution >= 0.6 is 0 Å². The van der Waals surface area contributed by atoms with Gasteiger partial charge in [-0.3, -0.25) is 4.79 Å². The van der Waals surface area contributed by atoms with E-state index in [0.717, 1.165) is 0 Å². The van der Waals surface area contributed by atoms with Gasteiger partial charge < -0.3 is 33.4 Å². The van der Waals surface area contributed by atoms with Gasteiger partial charge in [0.05, 0.1) is 6.26 Å². The Morgan fingerprint density at radius 2 is 1.72 bits per heavy atom. The Bertz CT molecular complexity index is 641. The van der Waals surface area contributed by atoms with E-state index in [4.69, 9.17) is 28.1 Å². The van der Waals surface area contributed by atoms with Crippen molar-refractivity contribution in [3.63, 3.8) is 0 Å². The van der Waals surface area contributed by atoms with Gasteiger partial charge in [-0.1, -0.05) is 0 Å². The van der Waals surface area contributed by atoms with Gasteiger partial charge in [-0.2, -0.15) is 0 Å². The minimum absolute atomic E-state index is 0.243. The summed E-state index contributed by atoms with van der Waals surface area (Å²) in [6.07, 6.45) is -0.622. The van der Waals surface area contributed by atoms with Crippen molar-refractivity contribution in [3.8, 4) is 0 Å². The molecule has 3 saturated heterocycles. The fraction of sp³-hybridized carbons (Fsp3) is 0.706. The molecule has 4 rings (SSSR count).